The minimum Gasteiger partial charge on any atom is -0.325 e. The molecule has 2 N–H and O–H groups in total. The molecule has 0 aliphatic heterocycles. The van der Waals surface area contributed by atoms with E-state index in [-0.39, 0.29) is 17.2 Å². The molecule has 2 aromatic carbocycles. The van der Waals surface area contributed by atoms with Gasteiger partial charge >= 0.3 is 0 Å². The van der Waals surface area contributed by atoms with Gasteiger partial charge in [-0.05, 0) is 42.7 Å². The van der Waals surface area contributed by atoms with Crippen molar-refractivity contribution in [2.24, 2.45) is 0 Å². The van der Waals surface area contributed by atoms with E-state index in [1.165, 1.54) is 24.3 Å². The van der Waals surface area contributed by atoms with Crippen LogP contribution < -0.4 is 10.0 Å². The molecular weight excluding hydrogens is 431 g/mol. The van der Waals surface area contributed by atoms with E-state index >= 15 is 0 Å². The molecule has 2 aromatic rings. The van der Waals surface area contributed by atoms with Crippen LogP contribution in [0.1, 0.15) is 25.3 Å². The highest BCUT2D eigenvalue weighted by atomic mass is 35.5. The Kier molecular flexibility index (Phi) is 7.94. The van der Waals surface area contributed by atoms with Crippen molar-refractivity contribution in [3.63, 3.8) is 0 Å². The quantitative estimate of drug-likeness (QED) is 0.562. The molecule has 0 bridgehead atoms. The molecule has 0 fully saturated rings. The number of halogens is 3. The lowest BCUT2D eigenvalue weighted by Crippen LogP contribution is -2.24. The van der Waals surface area contributed by atoms with Crippen LogP contribution in [-0.2, 0) is 21.2 Å². The smallest absolute Gasteiger partial charge is 0.240 e. The maximum atomic E-state index is 12.1. The van der Waals surface area contributed by atoms with E-state index in [1.807, 2.05) is 6.92 Å². The number of hydrogen-bond donors (Lipinski definition) is 2. The molecule has 9 heteroatoms. The zero-order chi connectivity index (χ0) is 20.0. The average molecular weight is 450 g/mol. The lowest BCUT2D eigenvalue weighted by molar-refractivity contribution is -0.116. The first kappa shape index (κ1) is 22.0. The summed E-state index contributed by atoms with van der Waals surface area (Å²) in [7, 11) is -3.49. The van der Waals surface area contributed by atoms with Gasteiger partial charge in [-0.1, -0.05) is 53.9 Å². The summed E-state index contributed by atoms with van der Waals surface area (Å²) in [6.45, 7) is 2.28. The molecule has 0 spiro atoms. The Labute approximate surface area is 174 Å². The number of sulfonamides is 1. The van der Waals surface area contributed by atoms with Crippen molar-refractivity contribution in [2.75, 3.05) is 11.9 Å². The third-order valence-electron chi connectivity index (χ3n) is 3.70. The fourth-order valence-electron chi connectivity index (χ4n) is 2.24. The second-order valence-corrected chi connectivity index (χ2v) is 8.82. The van der Waals surface area contributed by atoms with E-state index in [0.717, 1.165) is 12.0 Å². The number of nitrogens with one attached hydrogen (secondary N) is 2. The van der Waals surface area contributed by atoms with Gasteiger partial charge < -0.3 is 5.32 Å². The second-order valence-electron chi connectivity index (χ2n) is 5.84. The van der Waals surface area contributed by atoms with Crippen molar-refractivity contribution >= 4 is 56.4 Å². The van der Waals surface area contributed by atoms with Crippen LogP contribution in [0.25, 0.3) is 0 Å². The minimum atomic E-state index is -3.49. The third kappa shape index (κ3) is 6.36. The lowest BCUT2D eigenvalue weighted by Gasteiger charge is -2.09. The molecule has 0 aliphatic rings. The van der Waals surface area contributed by atoms with Crippen molar-refractivity contribution in [2.45, 2.75) is 31.1 Å². The van der Waals surface area contributed by atoms with E-state index in [0.29, 0.717) is 33.7 Å². The lowest BCUT2D eigenvalue weighted by atomic mass is 10.1. The highest BCUT2D eigenvalue weighted by molar-refractivity contribution is 7.89. The van der Waals surface area contributed by atoms with E-state index in [1.54, 1.807) is 12.1 Å². The fourth-order valence-corrected chi connectivity index (χ4v) is 3.97. The van der Waals surface area contributed by atoms with Gasteiger partial charge in [-0.25, -0.2) is 13.1 Å². The van der Waals surface area contributed by atoms with Crippen LogP contribution in [0.5, 0.6) is 0 Å². The first-order chi connectivity index (χ1) is 12.7. The van der Waals surface area contributed by atoms with Gasteiger partial charge in [0.25, 0.3) is 0 Å². The molecule has 0 aliphatic carbocycles. The third-order valence-corrected chi connectivity index (χ3v) is 6.21. The fraction of sp³-hybridized carbons (Fsp3) is 0.278. The van der Waals surface area contributed by atoms with E-state index < -0.39 is 10.0 Å². The molecule has 0 atom stereocenters. The molecule has 1 amide bonds. The maximum absolute atomic E-state index is 12.1. The monoisotopic (exact) mass is 448 g/mol. The summed E-state index contributed by atoms with van der Waals surface area (Å²) in [5, 5.41) is 3.59. The maximum Gasteiger partial charge on any atom is 0.240 e. The highest BCUT2D eigenvalue weighted by Crippen LogP contribution is 2.32. The van der Waals surface area contributed by atoms with Gasteiger partial charge in [0.15, 0.2) is 0 Å². The number of carbonyl (C=O) groups is 1. The number of amides is 1. The number of aryl methyl sites for hydroxylation is 1. The normalized spacial score (nSPS) is 11.4. The van der Waals surface area contributed by atoms with Crippen molar-refractivity contribution < 1.29 is 13.2 Å². The molecule has 0 saturated carbocycles. The van der Waals surface area contributed by atoms with Crippen LogP contribution in [-0.4, -0.2) is 20.9 Å². The highest BCUT2D eigenvalue weighted by Gasteiger charge is 2.13. The van der Waals surface area contributed by atoms with Gasteiger partial charge in [0.05, 0.1) is 25.7 Å². The van der Waals surface area contributed by atoms with E-state index in [4.69, 9.17) is 34.8 Å². The Morgan fingerprint density at radius 1 is 1.00 bits per heavy atom. The van der Waals surface area contributed by atoms with Crippen molar-refractivity contribution in [3.05, 3.63) is 57.0 Å². The van der Waals surface area contributed by atoms with Gasteiger partial charge in [0.1, 0.15) is 0 Å². The van der Waals surface area contributed by atoms with Gasteiger partial charge in [-0.15, -0.1) is 0 Å². The molecule has 0 radical (unpaired) electrons. The zero-order valence-corrected chi connectivity index (χ0v) is 17.6. The van der Waals surface area contributed by atoms with Crippen LogP contribution in [0.15, 0.2) is 41.3 Å². The summed E-state index contributed by atoms with van der Waals surface area (Å²) < 4.78 is 26.6. The van der Waals surface area contributed by atoms with Crippen LogP contribution in [0.3, 0.4) is 0 Å². The molecule has 0 saturated heterocycles. The van der Waals surface area contributed by atoms with Crippen LogP contribution in [0, 0.1) is 0 Å². The summed E-state index contributed by atoms with van der Waals surface area (Å²) in [5.74, 6) is -0.239. The molecule has 146 valence electrons. The van der Waals surface area contributed by atoms with Gasteiger partial charge in [0.2, 0.25) is 15.9 Å². The minimum absolute atomic E-state index is 0.201. The Bertz CT molecular complexity index is 916. The molecule has 0 unspecified atom stereocenters. The largest absolute Gasteiger partial charge is 0.325 e. The topological polar surface area (TPSA) is 75.3 Å². The molecule has 0 aromatic heterocycles. The Morgan fingerprint density at radius 3 is 2.26 bits per heavy atom. The molecule has 27 heavy (non-hydrogen) atoms. The summed E-state index contributed by atoms with van der Waals surface area (Å²) in [5.41, 5.74) is 1.24. The summed E-state index contributed by atoms with van der Waals surface area (Å²) in [6, 6.07) is 9.40. The van der Waals surface area contributed by atoms with Crippen LogP contribution in [0.2, 0.25) is 15.1 Å². The predicted molar refractivity (Wildman–Crippen MR) is 110 cm³/mol. The molecule has 5 nitrogen and oxygen atoms in total. The van der Waals surface area contributed by atoms with Gasteiger partial charge in [-0.2, -0.15) is 0 Å². The number of rotatable bonds is 8. The molecule has 2 rings (SSSR count). The van der Waals surface area contributed by atoms with Gasteiger partial charge in [0, 0.05) is 13.0 Å². The van der Waals surface area contributed by atoms with Gasteiger partial charge in [-0.3, -0.25) is 4.79 Å². The Balaban J connectivity index is 1.95. The summed E-state index contributed by atoms with van der Waals surface area (Å²) in [4.78, 5) is 12.3. The van der Waals surface area contributed by atoms with E-state index in [9.17, 15) is 13.2 Å². The summed E-state index contributed by atoms with van der Waals surface area (Å²) >= 11 is 17.8. The number of benzene rings is 2. The number of hydrogen-bond acceptors (Lipinski definition) is 3. The van der Waals surface area contributed by atoms with Crippen LogP contribution >= 0.6 is 34.8 Å². The standard InChI is InChI=1S/C18H19Cl3N2O3S/c1-2-9-22-27(25,26)13-6-3-12(4-7-13)5-8-18(24)23-17-11-15(20)14(19)10-16(17)21/h3-4,6-7,10-11,22H,2,5,8-9H2,1H3,(H,23,24). The molecule has 0 heterocycles. The second kappa shape index (κ2) is 9.75. The SMILES string of the molecule is CCCNS(=O)(=O)c1ccc(CCC(=O)Nc2cc(Cl)c(Cl)cc2Cl)cc1. The van der Waals surface area contributed by atoms with Crippen molar-refractivity contribution in [1.82, 2.24) is 4.72 Å². The Hall–Kier alpha value is -1.31. The van der Waals surface area contributed by atoms with Crippen molar-refractivity contribution in [3.8, 4) is 0 Å². The number of carbonyl (C=O) groups excluding carboxylic acids is 1. The van der Waals surface area contributed by atoms with Crippen molar-refractivity contribution in [1.29, 1.82) is 0 Å². The molecular formula is C18H19Cl3N2O3S. The number of anilines is 1. The predicted octanol–water partition coefficient (Wildman–Crippen LogP) is 4.91. The summed E-state index contributed by atoms with van der Waals surface area (Å²) in [6.07, 6.45) is 1.37. The van der Waals surface area contributed by atoms with E-state index in [2.05, 4.69) is 10.0 Å². The zero-order valence-electron chi connectivity index (χ0n) is 14.6. The van der Waals surface area contributed by atoms with Crippen LogP contribution in [0.4, 0.5) is 5.69 Å². The Morgan fingerprint density at radius 2 is 1.63 bits per heavy atom. The average Bonchev–Trinajstić information content (AvgIpc) is 2.63. The first-order valence-corrected chi connectivity index (χ1v) is 10.9. The first-order valence-electron chi connectivity index (χ1n) is 8.26.